The predicted octanol–water partition coefficient (Wildman–Crippen LogP) is 12.1. The summed E-state index contributed by atoms with van der Waals surface area (Å²) in [5.41, 5.74) is 10.0. The zero-order chi connectivity index (χ0) is 41.4. The SMILES string of the molecule is [2H]c1c([2H])c([2H])c(-c2cccc(-c3cc(-c4cc(-n5c6ccccc6c6ccccc65)ccn4)nc(-c4cc(-n5c6ccccc6c6ccccc65)ccn4)c3)n2)c([2H])c1[2H]. The van der Waals surface area contributed by atoms with E-state index in [1.54, 1.807) is 24.5 Å². The van der Waals surface area contributed by atoms with Gasteiger partial charge in [0.25, 0.3) is 0 Å². The smallest absolute Gasteiger partial charge is 0.0907 e. The van der Waals surface area contributed by atoms with Gasteiger partial charge in [0.05, 0.1) is 63.1 Å². The first-order valence-electron chi connectivity index (χ1n) is 20.8. The molecule has 0 unspecified atom stereocenters. The number of aromatic nitrogens is 6. The molecule has 11 aromatic rings. The van der Waals surface area contributed by atoms with Crippen LogP contribution in [0.2, 0.25) is 0 Å². The van der Waals surface area contributed by atoms with Crippen LogP contribution >= 0.6 is 0 Å². The molecular weight excluding hydrogens is 685 g/mol. The number of benzene rings is 5. The minimum Gasteiger partial charge on any atom is -0.309 e. The molecule has 0 aliphatic carbocycles. The summed E-state index contributed by atoms with van der Waals surface area (Å²) >= 11 is 0. The normalized spacial score (nSPS) is 12.8. The highest BCUT2D eigenvalue weighted by Gasteiger charge is 2.17. The summed E-state index contributed by atoms with van der Waals surface area (Å²) < 4.78 is 46.5. The van der Waals surface area contributed by atoms with E-state index in [2.05, 4.69) is 81.9 Å². The lowest BCUT2D eigenvalue weighted by Crippen LogP contribution is -1.99. The van der Waals surface area contributed by atoms with E-state index in [0.29, 0.717) is 34.0 Å². The Labute approximate surface area is 329 Å². The first-order valence-corrected chi connectivity index (χ1v) is 18.3. The minimum atomic E-state index is -0.454. The molecular formula is C50H32N6. The molecule has 0 fully saturated rings. The molecule has 0 atom stereocenters. The number of rotatable bonds is 6. The van der Waals surface area contributed by atoms with Gasteiger partial charge >= 0.3 is 0 Å². The summed E-state index contributed by atoms with van der Waals surface area (Å²) in [6.07, 6.45) is 3.58. The number of para-hydroxylation sites is 4. The molecule has 262 valence electrons. The zero-order valence-corrected chi connectivity index (χ0v) is 29.8. The van der Waals surface area contributed by atoms with Gasteiger partial charge in [-0.2, -0.15) is 0 Å². The highest BCUT2D eigenvalue weighted by molar-refractivity contribution is 6.10. The van der Waals surface area contributed by atoms with Crippen LogP contribution in [-0.2, 0) is 0 Å². The van der Waals surface area contributed by atoms with Crippen LogP contribution in [0.15, 0.2) is 194 Å². The predicted molar refractivity (Wildman–Crippen MR) is 228 cm³/mol. The second-order valence-electron chi connectivity index (χ2n) is 13.6. The fourth-order valence-corrected chi connectivity index (χ4v) is 7.85. The van der Waals surface area contributed by atoms with E-state index in [0.717, 1.165) is 55.0 Å². The van der Waals surface area contributed by atoms with Gasteiger partial charge < -0.3 is 9.13 Å². The van der Waals surface area contributed by atoms with Crippen LogP contribution in [0.1, 0.15) is 6.85 Å². The van der Waals surface area contributed by atoms with Gasteiger partial charge in [0, 0.05) is 56.4 Å². The quantitative estimate of drug-likeness (QED) is 0.171. The van der Waals surface area contributed by atoms with Crippen molar-refractivity contribution in [3.63, 3.8) is 0 Å². The van der Waals surface area contributed by atoms with Crippen molar-refractivity contribution in [2.24, 2.45) is 0 Å². The first-order chi connectivity index (χ1) is 29.8. The van der Waals surface area contributed by atoms with Gasteiger partial charge in [0.15, 0.2) is 0 Å². The summed E-state index contributed by atoms with van der Waals surface area (Å²) in [4.78, 5) is 19.9. The van der Waals surface area contributed by atoms with Gasteiger partial charge in [-0.1, -0.05) is 109 Å². The second-order valence-corrected chi connectivity index (χ2v) is 13.6. The molecule has 0 aliphatic heterocycles. The van der Waals surface area contributed by atoms with E-state index < -0.39 is 18.1 Å². The lowest BCUT2D eigenvalue weighted by Gasteiger charge is -2.13. The number of hydrogen-bond donors (Lipinski definition) is 0. The van der Waals surface area contributed by atoms with Crippen LogP contribution in [0.25, 0.3) is 100 Å². The molecule has 0 saturated heterocycles. The fraction of sp³-hybridized carbons (Fsp3) is 0. The lowest BCUT2D eigenvalue weighted by molar-refractivity contribution is 1.14. The van der Waals surface area contributed by atoms with Crippen LogP contribution in [0.3, 0.4) is 0 Å². The van der Waals surface area contributed by atoms with E-state index in [-0.39, 0.29) is 23.3 Å². The van der Waals surface area contributed by atoms with Crippen molar-refractivity contribution < 1.29 is 6.85 Å². The van der Waals surface area contributed by atoms with Crippen molar-refractivity contribution in [2.45, 2.75) is 0 Å². The number of fused-ring (bicyclic) bond motifs is 6. The standard InChI is InChI=1S/C50H32N6/c1-2-13-33(14-3-1)41-19-12-20-42(53-41)34-29-45(43-31-35(25-27-51-43)55-47-21-8-4-15-37(47)38-16-5-9-22-48(38)55)54-46(30-34)44-32-36(26-28-52-44)56-49-23-10-6-17-39(49)40-18-7-11-24-50(40)56/h1-32H/i1D,2D,3D,13D,14D. The third kappa shape index (κ3) is 5.27. The molecule has 6 aromatic heterocycles. The first kappa shape index (κ1) is 27.0. The molecule has 5 aromatic carbocycles. The van der Waals surface area contributed by atoms with Gasteiger partial charge in [-0.15, -0.1) is 0 Å². The average Bonchev–Trinajstić information content (AvgIpc) is 3.83. The monoisotopic (exact) mass is 721 g/mol. The van der Waals surface area contributed by atoms with Gasteiger partial charge in [0.2, 0.25) is 0 Å². The lowest BCUT2D eigenvalue weighted by atomic mass is 10.0. The second kappa shape index (κ2) is 13.0. The Balaban J connectivity index is 1.11. The van der Waals surface area contributed by atoms with E-state index in [9.17, 15) is 0 Å². The highest BCUT2D eigenvalue weighted by atomic mass is 15.0. The van der Waals surface area contributed by atoms with Gasteiger partial charge in [-0.3, -0.25) is 9.97 Å². The summed E-state index contributed by atoms with van der Waals surface area (Å²) in [5.74, 6) is 0. The molecule has 11 rings (SSSR count). The maximum Gasteiger partial charge on any atom is 0.0907 e. The summed E-state index contributed by atoms with van der Waals surface area (Å²) in [7, 11) is 0. The Hall–Kier alpha value is -7.70. The molecule has 0 saturated carbocycles. The molecule has 0 spiro atoms. The molecule has 0 amide bonds. The maximum atomic E-state index is 8.66. The summed E-state index contributed by atoms with van der Waals surface area (Å²) in [5, 5.41) is 4.60. The Bertz CT molecular complexity index is 3260. The number of pyridine rings is 4. The van der Waals surface area contributed by atoms with E-state index in [1.807, 2.05) is 66.7 Å². The molecule has 6 nitrogen and oxygen atoms in total. The highest BCUT2D eigenvalue weighted by Crippen LogP contribution is 2.36. The van der Waals surface area contributed by atoms with Crippen LogP contribution < -0.4 is 0 Å². The molecule has 6 heterocycles. The van der Waals surface area contributed by atoms with Crippen molar-refractivity contribution in [3.8, 4) is 56.7 Å². The van der Waals surface area contributed by atoms with Crippen molar-refractivity contribution >= 4 is 43.6 Å². The van der Waals surface area contributed by atoms with Crippen LogP contribution in [0.4, 0.5) is 0 Å². The van der Waals surface area contributed by atoms with E-state index in [4.69, 9.17) is 26.8 Å². The molecule has 0 N–H and O–H groups in total. The van der Waals surface area contributed by atoms with Gasteiger partial charge in [-0.25, -0.2) is 9.97 Å². The number of hydrogen-bond acceptors (Lipinski definition) is 4. The third-order valence-electron chi connectivity index (χ3n) is 10.3. The van der Waals surface area contributed by atoms with E-state index in [1.165, 1.54) is 0 Å². The van der Waals surface area contributed by atoms with Gasteiger partial charge in [0.1, 0.15) is 0 Å². The Morgan fingerprint density at radius 3 is 1.23 bits per heavy atom. The third-order valence-corrected chi connectivity index (χ3v) is 10.3. The van der Waals surface area contributed by atoms with Crippen molar-refractivity contribution in [2.75, 3.05) is 0 Å². The number of nitrogens with zero attached hydrogens (tertiary/aromatic N) is 6. The zero-order valence-electron chi connectivity index (χ0n) is 34.8. The van der Waals surface area contributed by atoms with E-state index >= 15 is 0 Å². The molecule has 0 aliphatic rings. The van der Waals surface area contributed by atoms with Crippen LogP contribution in [-0.4, -0.2) is 29.1 Å². The van der Waals surface area contributed by atoms with Crippen LogP contribution in [0, 0.1) is 0 Å². The topological polar surface area (TPSA) is 61.4 Å². The maximum absolute atomic E-state index is 8.66. The van der Waals surface area contributed by atoms with Crippen molar-refractivity contribution in [3.05, 3.63) is 194 Å². The Morgan fingerprint density at radius 2 is 0.768 bits per heavy atom. The van der Waals surface area contributed by atoms with Crippen molar-refractivity contribution in [1.29, 1.82) is 0 Å². The molecule has 0 bridgehead atoms. The molecule has 6 heteroatoms. The Morgan fingerprint density at radius 1 is 0.357 bits per heavy atom. The van der Waals surface area contributed by atoms with Crippen molar-refractivity contribution in [1.82, 2.24) is 29.1 Å². The fourth-order valence-electron chi connectivity index (χ4n) is 7.85. The average molecular weight is 722 g/mol. The molecule has 0 radical (unpaired) electrons. The minimum absolute atomic E-state index is 0.0310. The summed E-state index contributed by atoms with van der Waals surface area (Å²) in [6, 6.07) is 48.7. The molecule has 56 heavy (non-hydrogen) atoms. The summed E-state index contributed by atoms with van der Waals surface area (Å²) in [6.45, 7) is 0. The van der Waals surface area contributed by atoms with Crippen LogP contribution in [0.5, 0.6) is 0 Å². The Kier molecular flexibility index (Phi) is 6.26. The van der Waals surface area contributed by atoms with Gasteiger partial charge in [-0.05, 0) is 72.8 Å². The largest absolute Gasteiger partial charge is 0.309 e.